The van der Waals surface area contributed by atoms with Gasteiger partial charge in [0, 0.05) is 32.0 Å². The molecule has 3 rings (SSSR count). The van der Waals surface area contributed by atoms with Crippen LogP contribution in [0.2, 0.25) is 0 Å². The maximum absolute atomic E-state index is 13.2. The molecule has 140 valence electrons. The molecule has 3 aromatic rings. The number of benzene rings is 2. The van der Waals surface area contributed by atoms with Gasteiger partial charge in [0.1, 0.15) is 5.82 Å². The summed E-state index contributed by atoms with van der Waals surface area (Å²) in [5.41, 5.74) is 2.88. The minimum absolute atomic E-state index is 0.0636. The van der Waals surface area contributed by atoms with E-state index in [1.807, 2.05) is 24.3 Å². The molecule has 0 aliphatic heterocycles. The van der Waals surface area contributed by atoms with Crippen LogP contribution in [0.15, 0.2) is 53.1 Å². The molecule has 0 radical (unpaired) electrons. The van der Waals surface area contributed by atoms with E-state index in [1.54, 1.807) is 24.1 Å². The van der Waals surface area contributed by atoms with Gasteiger partial charge in [0.05, 0.1) is 0 Å². The van der Waals surface area contributed by atoms with Gasteiger partial charge in [0.25, 0.3) is 0 Å². The van der Waals surface area contributed by atoms with Gasteiger partial charge in [-0.05, 0) is 29.7 Å². The number of hydrogen-bond acceptors (Lipinski definition) is 4. The highest BCUT2D eigenvalue weighted by molar-refractivity contribution is 5.76. The van der Waals surface area contributed by atoms with Crippen molar-refractivity contribution in [2.75, 3.05) is 7.05 Å². The van der Waals surface area contributed by atoms with E-state index in [4.69, 9.17) is 4.52 Å². The van der Waals surface area contributed by atoms with Crippen molar-refractivity contribution in [3.8, 4) is 11.4 Å². The van der Waals surface area contributed by atoms with Gasteiger partial charge in [-0.1, -0.05) is 48.5 Å². The van der Waals surface area contributed by atoms with E-state index in [0.717, 1.165) is 17.5 Å². The van der Waals surface area contributed by atoms with Crippen molar-refractivity contribution in [1.82, 2.24) is 15.0 Å². The van der Waals surface area contributed by atoms with Crippen molar-refractivity contribution < 1.29 is 13.7 Å². The Bertz CT molecular complexity index is 906. The van der Waals surface area contributed by atoms with E-state index in [-0.39, 0.29) is 18.1 Å². The van der Waals surface area contributed by atoms with Crippen molar-refractivity contribution in [2.24, 2.45) is 0 Å². The molecule has 0 aliphatic rings. The quantitative estimate of drug-likeness (QED) is 0.633. The largest absolute Gasteiger partial charge is 0.341 e. The van der Waals surface area contributed by atoms with Crippen LogP contribution in [0.1, 0.15) is 30.4 Å². The minimum atomic E-state index is -0.307. The summed E-state index contributed by atoms with van der Waals surface area (Å²) in [5, 5.41) is 3.99. The molecule has 0 spiro atoms. The molecule has 1 heterocycles. The van der Waals surface area contributed by atoms with Gasteiger partial charge in [-0.25, -0.2) is 4.39 Å². The second-order valence-electron chi connectivity index (χ2n) is 6.44. The van der Waals surface area contributed by atoms with E-state index in [9.17, 15) is 9.18 Å². The highest BCUT2D eigenvalue weighted by Crippen LogP contribution is 2.17. The van der Waals surface area contributed by atoms with Crippen molar-refractivity contribution >= 4 is 5.91 Å². The number of halogens is 1. The van der Waals surface area contributed by atoms with Gasteiger partial charge in [-0.3, -0.25) is 4.79 Å². The van der Waals surface area contributed by atoms with Crippen LogP contribution in [0.5, 0.6) is 0 Å². The SMILES string of the molecule is CCc1ccc(-c2noc(CCC(=O)N(C)Cc3cccc(F)c3)n2)cc1. The summed E-state index contributed by atoms with van der Waals surface area (Å²) in [4.78, 5) is 18.2. The molecule has 0 saturated heterocycles. The standard InChI is InChI=1S/C21H22FN3O2/c1-3-15-7-9-17(10-8-15)21-23-19(27-24-21)11-12-20(26)25(2)14-16-5-4-6-18(22)13-16/h4-10,13H,3,11-12,14H2,1-2H3. The van der Waals surface area contributed by atoms with E-state index in [2.05, 4.69) is 17.1 Å². The highest BCUT2D eigenvalue weighted by atomic mass is 19.1. The predicted octanol–water partition coefficient (Wildman–Crippen LogP) is 4.03. The zero-order valence-corrected chi connectivity index (χ0v) is 15.5. The lowest BCUT2D eigenvalue weighted by Crippen LogP contribution is -2.26. The maximum atomic E-state index is 13.2. The fourth-order valence-electron chi connectivity index (χ4n) is 2.77. The van der Waals surface area contributed by atoms with Crippen LogP contribution in [0.25, 0.3) is 11.4 Å². The molecule has 0 aliphatic carbocycles. The fraction of sp³-hybridized carbons (Fsp3) is 0.286. The van der Waals surface area contributed by atoms with Crippen LogP contribution in [0.4, 0.5) is 4.39 Å². The number of carbonyl (C=O) groups is 1. The summed E-state index contributed by atoms with van der Waals surface area (Å²) in [5.74, 6) is 0.579. The maximum Gasteiger partial charge on any atom is 0.227 e. The van der Waals surface area contributed by atoms with Crippen molar-refractivity contribution in [1.29, 1.82) is 0 Å². The zero-order chi connectivity index (χ0) is 19.2. The molecule has 27 heavy (non-hydrogen) atoms. The predicted molar refractivity (Wildman–Crippen MR) is 100 cm³/mol. The Balaban J connectivity index is 1.55. The molecule has 0 fully saturated rings. The number of aryl methyl sites for hydroxylation is 2. The lowest BCUT2D eigenvalue weighted by atomic mass is 10.1. The van der Waals surface area contributed by atoms with Gasteiger partial charge in [0.2, 0.25) is 17.6 Å². The Hall–Kier alpha value is -3.02. The normalized spacial score (nSPS) is 10.8. The van der Waals surface area contributed by atoms with Crippen LogP contribution < -0.4 is 0 Å². The van der Waals surface area contributed by atoms with Crippen molar-refractivity contribution in [2.45, 2.75) is 32.7 Å². The Labute approximate surface area is 157 Å². The molecule has 1 aromatic heterocycles. The van der Waals surface area contributed by atoms with Gasteiger partial charge >= 0.3 is 0 Å². The number of hydrogen-bond donors (Lipinski definition) is 0. The summed E-state index contributed by atoms with van der Waals surface area (Å²) in [6.45, 7) is 2.46. The second kappa shape index (κ2) is 8.58. The van der Waals surface area contributed by atoms with Crippen LogP contribution >= 0.6 is 0 Å². The summed E-state index contributed by atoms with van der Waals surface area (Å²) < 4.78 is 18.5. The molecular formula is C21H22FN3O2. The summed E-state index contributed by atoms with van der Waals surface area (Å²) in [6, 6.07) is 14.2. The zero-order valence-electron chi connectivity index (χ0n) is 15.5. The molecular weight excluding hydrogens is 345 g/mol. The first kappa shape index (κ1) is 18.8. The smallest absolute Gasteiger partial charge is 0.227 e. The van der Waals surface area contributed by atoms with Gasteiger partial charge in [-0.15, -0.1) is 0 Å². The van der Waals surface area contributed by atoms with Crippen molar-refractivity contribution in [3.05, 3.63) is 71.4 Å². The van der Waals surface area contributed by atoms with Crippen LogP contribution in [-0.2, 0) is 24.2 Å². The monoisotopic (exact) mass is 367 g/mol. The summed E-state index contributed by atoms with van der Waals surface area (Å²) >= 11 is 0. The average Bonchev–Trinajstić information content (AvgIpc) is 3.15. The second-order valence-corrected chi connectivity index (χ2v) is 6.44. The van der Waals surface area contributed by atoms with E-state index >= 15 is 0 Å². The third kappa shape index (κ3) is 5.00. The number of nitrogens with zero attached hydrogens (tertiary/aromatic N) is 3. The topological polar surface area (TPSA) is 59.2 Å². The lowest BCUT2D eigenvalue weighted by molar-refractivity contribution is -0.130. The first-order valence-electron chi connectivity index (χ1n) is 8.95. The third-order valence-electron chi connectivity index (χ3n) is 4.38. The van der Waals surface area contributed by atoms with Gasteiger partial charge in [-0.2, -0.15) is 4.98 Å². The van der Waals surface area contributed by atoms with Crippen LogP contribution in [0, 0.1) is 5.82 Å². The first-order valence-corrected chi connectivity index (χ1v) is 8.95. The van der Waals surface area contributed by atoms with Crippen molar-refractivity contribution in [3.63, 3.8) is 0 Å². The summed E-state index contributed by atoms with van der Waals surface area (Å²) in [7, 11) is 1.70. The van der Waals surface area contributed by atoms with Crippen LogP contribution in [0.3, 0.4) is 0 Å². The van der Waals surface area contributed by atoms with E-state index < -0.39 is 0 Å². The molecule has 0 saturated carbocycles. The number of carbonyl (C=O) groups excluding carboxylic acids is 1. The molecule has 1 amide bonds. The van der Waals surface area contributed by atoms with Gasteiger partial charge < -0.3 is 9.42 Å². The fourth-order valence-corrected chi connectivity index (χ4v) is 2.77. The molecule has 0 unspecified atom stereocenters. The Kier molecular flexibility index (Phi) is 5.96. The third-order valence-corrected chi connectivity index (χ3v) is 4.38. The number of amides is 1. The average molecular weight is 367 g/mol. The van der Waals surface area contributed by atoms with E-state index in [1.165, 1.54) is 17.7 Å². The minimum Gasteiger partial charge on any atom is -0.341 e. The van der Waals surface area contributed by atoms with Crippen LogP contribution in [-0.4, -0.2) is 28.0 Å². The Morgan fingerprint density at radius 2 is 1.93 bits per heavy atom. The molecule has 6 heteroatoms. The Morgan fingerprint density at radius 3 is 2.63 bits per heavy atom. The molecule has 0 N–H and O–H groups in total. The first-order chi connectivity index (χ1) is 13.0. The number of rotatable bonds is 7. The van der Waals surface area contributed by atoms with E-state index in [0.29, 0.717) is 24.7 Å². The molecule has 2 aromatic carbocycles. The van der Waals surface area contributed by atoms with Gasteiger partial charge in [0.15, 0.2) is 0 Å². The molecule has 0 atom stereocenters. The molecule has 0 bridgehead atoms. The lowest BCUT2D eigenvalue weighted by Gasteiger charge is -2.16. The number of aromatic nitrogens is 2. The highest BCUT2D eigenvalue weighted by Gasteiger charge is 2.14. The summed E-state index contributed by atoms with van der Waals surface area (Å²) in [6.07, 6.45) is 1.59. The Morgan fingerprint density at radius 1 is 1.15 bits per heavy atom. The molecule has 5 nitrogen and oxygen atoms in total.